The molecule has 0 radical (unpaired) electrons. The molecule has 6 nitrogen and oxygen atoms in total. The predicted molar refractivity (Wildman–Crippen MR) is 79.0 cm³/mol. The van der Waals surface area contributed by atoms with Crippen LogP contribution in [-0.4, -0.2) is 9.97 Å². The molecule has 3 heterocycles. The van der Waals surface area contributed by atoms with Crippen molar-refractivity contribution in [2.24, 2.45) is 0 Å². The molecule has 22 heavy (non-hydrogen) atoms. The zero-order valence-electron chi connectivity index (χ0n) is 11.3. The maximum Gasteiger partial charge on any atom is 0.142 e. The number of anilines is 1. The van der Waals surface area contributed by atoms with Gasteiger partial charge in [-0.2, -0.15) is 10.5 Å². The SMILES string of the molecule is N#Cc1cnccc1-c1cc(-c2ccco2)c(C#N)c(N)n1. The van der Waals surface area contributed by atoms with Crippen molar-refractivity contribution in [1.82, 2.24) is 9.97 Å². The normalized spacial score (nSPS) is 9.91. The molecule has 0 bridgehead atoms. The summed E-state index contributed by atoms with van der Waals surface area (Å²) in [6.45, 7) is 0. The minimum Gasteiger partial charge on any atom is -0.464 e. The van der Waals surface area contributed by atoms with Gasteiger partial charge in [0.05, 0.1) is 17.5 Å². The summed E-state index contributed by atoms with van der Waals surface area (Å²) in [7, 11) is 0. The van der Waals surface area contributed by atoms with E-state index in [2.05, 4.69) is 16.0 Å². The largest absolute Gasteiger partial charge is 0.464 e. The fraction of sp³-hybridized carbons (Fsp3) is 0. The van der Waals surface area contributed by atoms with Crippen LogP contribution < -0.4 is 5.73 Å². The third-order valence-electron chi connectivity index (χ3n) is 3.16. The molecule has 0 atom stereocenters. The van der Waals surface area contributed by atoms with Gasteiger partial charge in [0.1, 0.15) is 29.3 Å². The summed E-state index contributed by atoms with van der Waals surface area (Å²) in [4.78, 5) is 8.15. The van der Waals surface area contributed by atoms with Crippen LogP contribution in [0.4, 0.5) is 5.82 Å². The first kappa shape index (κ1) is 13.3. The van der Waals surface area contributed by atoms with Gasteiger partial charge in [-0.3, -0.25) is 4.98 Å². The molecule has 0 aromatic carbocycles. The van der Waals surface area contributed by atoms with Crippen molar-refractivity contribution < 1.29 is 4.42 Å². The second kappa shape index (κ2) is 5.39. The Hall–Kier alpha value is -3.64. The van der Waals surface area contributed by atoms with Crippen LogP contribution in [0.5, 0.6) is 0 Å². The Morgan fingerprint density at radius 3 is 2.68 bits per heavy atom. The van der Waals surface area contributed by atoms with Gasteiger partial charge < -0.3 is 10.2 Å². The number of furan rings is 1. The number of nitrogens with two attached hydrogens (primary N) is 1. The summed E-state index contributed by atoms with van der Waals surface area (Å²) in [5, 5.41) is 18.5. The highest BCUT2D eigenvalue weighted by Crippen LogP contribution is 2.32. The number of nitrogens with zero attached hydrogens (tertiary/aromatic N) is 4. The van der Waals surface area contributed by atoms with Crippen LogP contribution in [0.15, 0.2) is 47.3 Å². The predicted octanol–water partition coefficient (Wildman–Crippen LogP) is 2.73. The lowest BCUT2D eigenvalue weighted by Gasteiger charge is -2.09. The molecule has 3 aromatic heterocycles. The molecule has 0 aliphatic rings. The minimum atomic E-state index is 0.0899. The van der Waals surface area contributed by atoms with Crippen molar-refractivity contribution in [2.75, 3.05) is 5.73 Å². The van der Waals surface area contributed by atoms with E-state index in [9.17, 15) is 10.5 Å². The van der Waals surface area contributed by atoms with Crippen LogP contribution in [0.2, 0.25) is 0 Å². The topological polar surface area (TPSA) is 113 Å². The molecule has 3 aromatic rings. The Labute approximate surface area is 126 Å². The lowest BCUT2D eigenvalue weighted by molar-refractivity contribution is 0.582. The average molecular weight is 287 g/mol. The maximum absolute atomic E-state index is 9.29. The lowest BCUT2D eigenvalue weighted by atomic mass is 10.0. The third-order valence-corrected chi connectivity index (χ3v) is 3.16. The first-order chi connectivity index (χ1) is 10.7. The smallest absolute Gasteiger partial charge is 0.142 e. The molecule has 0 aliphatic carbocycles. The van der Waals surface area contributed by atoms with Crippen LogP contribution in [0, 0.1) is 22.7 Å². The molecule has 0 saturated carbocycles. The van der Waals surface area contributed by atoms with E-state index >= 15 is 0 Å². The summed E-state index contributed by atoms with van der Waals surface area (Å²) < 4.78 is 5.35. The Bertz CT molecular complexity index is 917. The van der Waals surface area contributed by atoms with Crippen molar-refractivity contribution in [3.8, 4) is 34.7 Å². The molecule has 0 aliphatic heterocycles. The maximum atomic E-state index is 9.29. The van der Waals surface area contributed by atoms with Gasteiger partial charge in [0.2, 0.25) is 0 Å². The zero-order valence-corrected chi connectivity index (χ0v) is 11.3. The average Bonchev–Trinajstić information content (AvgIpc) is 3.08. The van der Waals surface area contributed by atoms with Crippen molar-refractivity contribution in [1.29, 1.82) is 10.5 Å². The van der Waals surface area contributed by atoms with E-state index < -0.39 is 0 Å². The first-order valence-electron chi connectivity index (χ1n) is 6.33. The Morgan fingerprint density at radius 1 is 1.14 bits per heavy atom. The second-order valence-electron chi connectivity index (χ2n) is 4.44. The Balaban J connectivity index is 2.28. The van der Waals surface area contributed by atoms with Gasteiger partial charge in [-0.05, 0) is 24.3 Å². The fourth-order valence-corrected chi connectivity index (χ4v) is 2.15. The van der Waals surface area contributed by atoms with Gasteiger partial charge in [0.15, 0.2) is 0 Å². The van der Waals surface area contributed by atoms with Gasteiger partial charge >= 0.3 is 0 Å². The fourth-order valence-electron chi connectivity index (χ4n) is 2.15. The zero-order chi connectivity index (χ0) is 15.5. The second-order valence-corrected chi connectivity index (χ2v) is 4.44. The summed E-state index contributed by atoms with van der Waals surface area (Å²) in [6.07, 6.45) is 4.54. The van der Waals surface area contributed by atoms with E-state index in [0.29, 0.717) is 28.1 Å². The Morgan fingerprint density at radius 2 is 2.00 bits per heavy atom. The van der Waals surface area contributed by atoms with Crippen molar-refractivity contribution >= 4 is 5.82 Å². The molecular weight excluding hydrogens is 278 g/mol. The summed E-state index contributed by atoms with van der Waals surface area (Å²) in [5.74, 6) is 0.603. The molecule has 0 amide bonds. The number of pyridine rings is 2. The lowest BCUT2D eigenvalue weighted by Crippen LogP contribution is -2.00. The van der Waals surface area contributed by atoms with Crippen LogP contribution in [0.3, 0.4) is 0 Å². The molecule has 6 heteroatoms. The van der Waals surface area contributed by atoms with Crippen LogP contribution in [0.25, 0.3) is 22.6 Å². The molecule has 3 rings (SSSR count). The highest BCUT2D eigenvalue weighted by atomic mass is 16.3. The number of hydrogen-bond acceptors (Lipinski definition) is 6. The van der Waals surface area contributed by atoms with E-state index in [0.717, 1.165) is 0 Å². The first-order valence-corrected chi connectivity index (χ1v) is 6.33. The summed E-state index contributed by atoms with van der Waals surface area (Å²) >= 11 is 0. The number of rotatable bonds is 2. The Kier molecular flexibility index (Phi) is 3.27. The van der Waals surface area contributed by atoms with E-state index in [1.807, 2.05) is 6.07 Å². The van der Waals surface area contributed by atoms with Crippen LogP contribution in [0.1, 0.15) is 11.1 Å². The van der Waals surface area contributed by atoms with Gasteiger partial charge in [-0.25, -0.2) is 4.98 Å². The minimum absolute atomic E-state index is 0.0899. The van der Waals surface area contributed by atoms with Gasteiger partial charge in [-0.15, -0.1) is 0 Å². The number of nitriles is 2. The van der Waals surface area contributed by atoms with Crippen LogP contribution in [-0.2, 0) is 0 Å². The monoisotopic (exact) mass is 287 g/mol. The molecule has 0 saturated heterocycles. The van der Waals surface area contributed by atoms with Crippen molar-refractivity contribution in [2.45, 2.75) is 0 Å². The highest BCUT2D eigenvalue weighted by Gasteiger charge is 2.16. The number of aromatic nitrogens is 2. The third kappa shape index (κ3) is 2.15. The van der Waals surface area contributed by atoms with Crippen LogP contribution >= 0.6 is 0 Å². The van der Waals surface area contributed by atoms with E-state index in [-0.39, 0.29) is 11.4 Å². The van der Waals surface area contributed by atoms with Gasteiger partial charge in [0.25, 0.3) is 0 Å². The van der Waals surface area contributed by atoms with Gasteiger partial charge in [-0.1, -0.05) is 0 Å². The van der Waals surface area contributed by atoms with E-state index in [1.165, 1.54) is 12.5 Å². The standard InChI is InChI=1S/C16H9N5O/c17-7-10-9-20-4-3-11(10)14-6-12(15-2-1-5-22-15)13(8-18)16(19)21-14/h1-6,9H,(H2,19,21). The molecule has 104 valence electrons. The van der Waals surface area contributed by atoms with Crippen molar-refractivity contribution in [3.63, 3.8) is 0 Å². The summed E-state index contributed by atoms with van der Waals surface area (Å²) in [6, 6.07) is 10.9. The molecule has 0 fully saturated rings. The number of nitrogen functional groups attached to an aromatic ring is 1. The quantitative estimate of drug-likeness (QED) is 0.775. The molecule has 0 unspecified atom stereocenters. The van der Waals surface area contributed by atoms with Crippen molar-refractivity contribution in [3.05, 3.63) is 54.0 Å². The highest BCUT2D eigenvalue weighted by molar-refractivity contribution is 5.79. The molecule has 0 spiro atoms. The molecule has 2 N–H and O–H groups in total. The van der Waals surface area contributed by atoms with E-state index in [4.69, 9.17) is 10.2 Å². The van der Waals surface area contributed by atoms with E-state index in [1.54, 1.807) is 30.5 Å². The number of hydrogen-bond donors (Lipinski definition) is 1. The van der Waals surface area contributed by atoms with Gasteiger partial charge in [0, 0.05) is 23.5 Å². The molecular formula is C16H9N5O. The summed E-state index contributed by atoms with van der Waals surface area (Å²) in [5.41, 5.74) is 8.14.